The maximum atomic E-state index is 12.2. The average Bonchev–Trinajstić information content (AvgIpc) is 2.55. The summed E-state index contributed by atoms with van der Waals surface area (Å²) in [4.78, 5) is 35.7. The van der Waals surface area contributed by atoms with Gasteiger partial charge in [-0.25, -0.2) is 4.79 Å². The topological polar surface area (TPSA) is 94.4 Å². The molecule has 8 heteroatoms. The molecule has 0 aliphatic rings. The van der Waals surface area contributed by atoms with Gasteiger partial charge >= 0.3 is 5.69 Å². The third-order valence-electron chi connectivity index (χ3n) is 3.26. The van der Waals surface area contributed by atoms with Crippen LogP contribution in [0.5, 0.6) is 5.75 Å². The van der Waals surface area contributed by atoms with E-state index < -0.39 is 17.2 Å². The van der Waals surface area contributed by atoms with E-state index in [0.29, 0.717) is 17.9 Å². The molecule has 0 aliphatic carbocycles. The smallest absolute Gasteiger partial charge is 0.332 e. The normalized spacial score (nSPS) is 10.2. The third-order valence-corrected chi connectivity index (χ3v) is 3.26. The molecule has 1 heterocycles. The van der Waals surface area contributed by atoms with Crippen molar-refractivity contribution in [3.8, 4) is 5.75 Å². The monoisotopic (exact) mass is 318 g/mol. The first-order valence-corrected chi connectivity index (χ1v) is 7.01. The predicted octanol–water partition coefficient (Wildman–Crippen LogP) is 0.240. The average molecular weight is 318 g/mol. The summed E-state index contributed by atoms with van der Waals surface area (Å²) in [5, 5.41) is 0. The van der Waals surface area contributed by atoms with Crippen LogP contribution in [0.15, 0.2) is 39.9 Å². The van der Waals surface area contributed by atoms with Crippen molar-refractivity contribution in [2.24, 2.45) is 14.1 Å². The minimum Gasteiger partial charge on any atom is -0.493 e. The van der Waals surface area contributed by atoms with Crippen LogP contribution >= 0.6 is 0 Å². The number of nitrogens with one attached hydrogen (secondary N) is 2. The van der Waals surface area contributed by atoms with Crippen molar-refractivity contribution in [1.82, 2.24) is 14.6 Å². The lowest BCUT2D eigenvalue weighted by atomic mass is 10.2. The summed E-state index contributed by atoms with van der Waals surface area (Å²) < 4.78 is 7.58. The largest absolute Gasteiger partial charge is 0.493 e. The number of aromatic nitrogens is 2. The lowest BCUT2D eigenvalue weighted by molar-refractivity contribution is 0.0958. The van der Waals surface area contributed by atoms with Crippen LogP contribution in [-0.2, 0) is 14.1 Å². The number of hydrogen-bond acceptors (Lipinski definition) is 5. The fraction of sp³-hybridized carbons (Fsp3) is 0.267. The lowest BCUT2D eigenvalue weighted by Gasteiger charge is -2.14. The van der Waals surface area contributed by atoms with Gasteiger partial charge in [0.15, 0.2) is 0 Å². The van der Waals surface area contributed by atoms with Gasteiger partial charge in [0.25, 0.3) is 11.5 Å². The van der Waals surface area contributed by atoms with Crippen LogP contribution in [0.1, 0.15) is 17.3 Å². The van der Waals surface area contributed by atoms with E-state index >= 15 is 0 Å². The molecule has 0 aliphatic heterocycles. The van der Waals surface area contributed by atoms with Crippen molar-refractivity contribution < 1.29 is 9.53 Å². The van der Waals surface area contributed by atoms with Crippen LogP contribution in [0.3, 0.4) is 0 Å². The molecule has 0 saturated heterocycles. The molecular weight excluding hydrogens is 300 g/mol. The molecule has 1 aromatic heterocycles. The maximum Gasteiger partial charge on any atom is 0.332 e. The molecule has 122 valence electrons. The zero-order valence-corrected chi connectivity index (χ0v) is 13.1. The first-order valence-electron chi connectivity index (χ1n) is 7.01. The first kappa shape index (κ1) is 16.3. The molecular formula is C15H18N4O4. The van der Waals surface area contributed by atoms with E-state index in [-0.39, 0.29) is 5.82 Å². The van der Waals surface area contributed by atoms with Crippen molar-refractivity contribution in [2.45, 2.75) is 6.92 Å². The van der Waals surface area contributed by atoms with Crippen LogP contribution in [0.2, 0.25) is 0 Å². The molecule has 0 unspecified atom stereocenters. The molecule has 0 saturated carbocycles. The van der Waals surface area contributed by atoms with Crippen molar-refractivity contribution in [3.63, 3.8) is 0 Å². The van der Waals surface area contributed by atoms with Gasteiger partial charge in [-0.1, -0.05) is 12.1 Å². The summed E-state index contributed by atoms with van der Waals surface area (Å²) in [6, 6.07) is 8.00. The first-order chi connectivity index (χ1) is 11.0. The Labute approximate surface area is 132 Å². The van der Waals surface area contributed by atoms with E-state index in [4.69, 9.17) is 4.74 Å². The number of hydrazine groups is 1. The number of carbonyl (C=O) groups is 1. The Morgan fingerprint density at radius 1 is 1.17 bits per heavy atom. The SMILES string of the molecule is CCOc1ccccc1C(=O)NNc1cc(=O)n(C)c(=O)n1C. The Morgan fingerprint density at radius 2 is 1.87 bits per heavy atom. The third kappa shape index (κ3) is 3.42. The second-order valence-electron chi connectivity index (χ2n) is 4.78. The Morgan fingerprint density at radius 3 is 2.57 bits per heavy atom. The minimum absolute atomic E-state index is 0.181. The van der Waals surface area contributed by atoms with E-state index in [1.54, 1.807) is 24.3 Å². The van der Waals surface area contributed by atoms with E-state index in [9.17, 15) is 14.4 Å². The quantitative estimate of drug-likeness (QED) is 0.770. The van der Waals surface area contributed by atoms with Crippen LogP contribution in [0.25, 0.3) is 0 Å². The number of rotatable bonds is 5. The van der Waals surface area contributed by atoms with Crippen LogP contribution < -0.4 is 26.8 Å². The highest BCUT2D eigenvalue weighted by atomic mass is 16.5. The van der Waals surface area contributed by atoms with Gasteiger partial charge in [-0.15, -0.1) is 0 Å². The summed E-state index contributed by atoms with van der Waals surface area (Å²) in [7, 11) is 2.87. The minimum atomic E-state index is -0.496. The number of anilines is 1. The Balaban J connectivity index is 2.21. The standard InChI is InChI=1S/C15H18N4O4/c1-4-23-11-8-6-5-7-10(11)14(21)17-16-12-9-13(20)19(3)15(22)18(12)2/h5-9,16H,4H2,1-3H3,(H,17,21). The predicted molar refractivity (Wildman–Crippen MR) is 85.6 cm³/mol. The molecule has 2 N–H and O–H groups in total. The highest BCUT2D eigenvalue weighted by Gasteiger charge is 2.12. The summed E-state index contributed by atoms with van der Waals surface area (Å²) in [6.07, 6.45) is 0. The summed E-state index contributed by atoms with van der Waals surface area (Å²) >= 11 is 0. The highest BCUT2D eigenvalue weighted by molar-refractivity contribution is 5.97. The van der Waals surface area contributed by atoms with Crippen molar-refractivity contribution >= 4 is 11.7 Å². The van der Waals surface area contributed by atoms with E-state index in [1.165, 1.54) is 24.7 Å². The van der Waals surface area contributed by atoms with Crippen molar-refractivity contribution in [2.75, 3.05) is 12.0 Å². The molecule has 1 amide bonds. The van der Waals surface area contributed by atoms with Crippen LogP contribution in [-0.4, -0.2) is 21.6 Å². The second-order valence-corrected chi connectivity index (χ2v) is 4.78. The molecule has 8 nitrogen and oxygen atoms in total. The van der Waals surface area contributed by atoms with Gasteiger partial charge in [0.1, 0.15) is 11.6 Å². The second kappa shape index (κ2) is 6.82. The number of nitrogens with zero attached hydrogens (tertiary/aromatic N) is 2. The molecule has 0 spiro atoms. The fourth-order valence-electron chi connectivity index (χ4n) is 1.98. The number of carbonyl (C=O) groups excluding carboxylic acids is 1. The van der Waals surface area contributed by atoms with Gasteiger partial charge in [-0.2, -0.15) is 0 Å². The number of benzene rings is 1. The van der Waals surface area contributed by atoms with Gasteiger partial charge in [0.2, 0.25) is 0 Å². The molecule has 0 bridgehead atoms. The highest BCUT2D eigenvalue weighted by Crippen LogP contribution is 2.17. The maximum absolute atomic E-state index is 12.2. The van der Waals surface area contributed by atoms with Gasteiger partial charge in [0, 0.05) is 20.2 Å². The Bertz CT molecular complexity index is 838. The summed E-state index contributed by atoms with van der Waals surface area (Å²) in [5.74, 6) is 0.190. The summed E-state index contributed by atoms with van der Waals surface area (Å²) in [6.45, 7) is 2.25. The molecule has 0 radical (unpaired) electrons. The number of ether oxygens (including phenoxy) is 1. The molecule has 2 aromatic rings. The zero-order valence-electron chi connectivity index (χ0n) is 13.1. The van der Waals surface area contributed by atoms with Crippen molar-refractivity contribution in [1.29, 1.82) is 0 Å². The van der Waals surface area contributed by atoms with Gasteiger partial charge in [0.05, 0.1) is 12.2 Å². The number of para-hydroxylation sites is 1. The zero-order chi connectivity index (χ0) is 17.0. The van der Waals surface area contributed by atoms with Gasteiger partial charge in [-0.3, -0.25) is 29.6 Å². The Kier molecular flexibility index (Phi) is 4.85. The van der Waals surface area contributed by atoms with Crippen molar-refractivity contribution in [3.05, 3.63) is 56.7 Å². The summed E-state index contributed by atoms with van der Waals surface area (Å²) in [5.41, 5.74) is 4.41. The fourth-order valence-corrected chi connectivity index (χ4v) is 1.98. The van der Waals surface area contributed by atoms with Crippen LogP contribution in [0, 0.1) is 0 Å². The molecule has 0 atom stereocenters. The van der Waals surface area contributed by atoms with E-state index in [0.717, 1.165) is 4.57 Å². The number of amides is 1. The molecule has 2 rings (SSSR count). The van der Waals surface area contributed by atoms with Gasteiger partial charge in [-0.05, 0) is 19.1 Å². The molecule has 1 aromatic carbocycles. The molecule has 0 fully saturated rings. The Hall–Kier alpha value is -3.03. The lowest BCUT2D eigenvalue weighted by Crippen LogP contribution is -2.40. The van der Waals surface area contributed by atoms with E-state index in [1.807, 2.05) is 6.92 Å². The number of hydrogen-bond donors (Lipinski definition) is 2. The molecule has 23 heavy (non-hydrogen) atoms. The van der Waals surface area contributed by atoms with E-state index in [2.05, 4.69) is 10.9 Å². The van der Waals surface area contributed by atoms with Crippen LogP contribution in [0.4, 0.5) is 5.82 Å². The van der Waals surface area contributed by atoms with Gasteiger partial charge < -0.3 is 4.74 Å².